The highest BCUT2D eigenvalue weighted by molar-refractivity contribution is 7.09. The van der Waals surface area contributed by atoms with E-state index in [1.165, 1.54) is 0 Å². The molecular weight excluding hydrogens is 468 g/mol. The second kappa shape index (κ2) is 15.0. The first kappa shape index (κ1) is 28.2. The zero-order valence-electron chi connectivity index (χ0n) is 21.1. The lowest BCUT2D eigenvalue weighted by atomic mass is 10.1. The van der Waals surface area contributed by atoms with Crippen molar-refractivity contribution < 1.29 is 28.6 Å². The van der Waals surface area contributed by atoms with Crippen LogP contribution in [-0.2, 0) is 32.1 Å². The van der Waals surface area contributed by atoms with E-state index in [4.69, 9.17) is 14.2 Å². The highest BCUT2D eigenvalue weighted by Crippen LogP contribution is 2.28. The van der Waals surface area contributed by atoms with Gasteiger partial charge >= 0.3 is 5.97 Å². The lowest BCUT2D eigenvalue weighted by Crippen LogP contribution is -2.43. The molecule has 1 aromatic heterocycles. The van der Waals surface area contributed by atoms with Crippen LogP contribution in [-0.4, -0.2) is 68.0 Å². The third-order valence-corrected chi connectivity index (χ3v) is 6.28. The normalized spacial score (nSPS) is 10.5. The number of benzene rings is 1. The van der Waals surface area contributed by atoms with Gasteiger partial charge in [0.25, 0.3) is 0 Å². The van der Waals surface area contributed by atoms with Crippen molar-refractivity contribution in [2.45, 2.75) is 46.1 Å². The van der Waals surface area contributed by atoms with Crippen molar-refractivity contribution in [3.8, 4) is 11.5 Å². The van der Waals surface area contributed by atoms with E-state index in [1.807, 2.05) is 42.6 Å². The minimum atomic E-state index is -0.405. The molecule has 0 spiro atoms. The summed E-state index contributed by atoms with van der Waals surface area (Å²) in [5.41, 5.74) is 1.02. The summed E-state index contributed by atoms with van der Waals surface area (Å²) < 4.78 is 15.6. The first-order valence-corrected chi connectivity index (χ1v) is 12.7. The van der Waals surface area contributed by atoms with Gasteiger partial charge in [0, 0.05) is 24.4 Å². The molecule has 0 fully saturated rings. The lowest BCUT2D eigenvalue weighted by molar-refractivity contribution is -0.146. The predicted molar refractivity (Wildman–Crippen MR) is 136 cm³/mol. The second-order valence-electron chi connectivity index (χ2n) is 7.95. The molecule has 0 bridgehead atoms. The van der Waals surface area contributed by atoms with Crippen LogP contribution >= 0.6 is 11.3 Å². The molecule has 0 radical (unpaired) electrons. The maximum absolute atomic E-state index is 13.3. The maximum Gasteiger partial charge on any atom is 0.306 e. The Hall–Kier alpha value is -3.07. The van der Waals surface area contributed by atoms with Crippen molar-refractivity contribution in [2.24, 2.45) is 0 Å². The molecule has 2 amide bonds. The average molecular weight is 505 g/mol. The summed E-state index contributed by atoms with van der Waals surface area (Å²) in [7, 11) is 3.19. The minimum absolute atomic E-state index is 0.0132. The molecule has 0 N–H and O–H groups in total. The molecule has 0 saturated carbocycles. The summed E-state index contributed by atoms with van der Waals surface area (Å²) in [5.74, 6) is 0.542. The van der Waals surface area contributed by atoms with Crippen LogP contribution in [0.2, 0.25) is 0 Å². The molecule has 2 aromatic rings. The van der Waals surface area contributed by atoms with Gasteiger partial charge in [-0.3, -0.25) is 14.4 Å². The third-order valence-electron chi connectivity index (χ3n) is 5.42. The Labute approximate surface area is 211 Å². The molecule has 0 aliphatic rings. The highest BCUT2D eigenvalue weighted by atomic mass is 32.1. The van der Waals surface area contributed by atoms with Gasteiger partial charge in [-0.25, -0.2) is 0 Å². The number of methoxy groups -OCH3 is 2. The van der Waals surface area contributed by atoms with Gasteiger partial charge in [-0.1, -0.05) is 19.1 Å². The van der Waals surface area contributed by atoms with E-state index in [1.54, 1.807) is 42.3 Å². The van der Waals surface area contributed by atoms with Gasteiger partial charge < -0.3 is 24.0 Å². The summed E-state index contributed by atoms with van der Waals surface area (Å²) in [5, 5.41) is 1.98. The number of carbonyl (C=O) groups excluding carboxylic acids is 3. The van der Waals surface area contributed by atoms with Crippen LogP contribution in [0.15, 0.2) is 35.7 Å². The van der Waals surface area contributed by atoms with Crippen molar-refractivity contribution in [2.75, 3.05) is 40.5 Å². The van der Waals surface area contributed by atoms with Crippen LogP contribution in [0.25, 0.3) is 0 Å². The summed E-state index contributed by atoms with van der Waals surface area (Å²) >= 11 is 1.59. The number of hydrogen-bond acceptors (Lipinski definition) is 7. The molecule has 2 rings (SSSR count). The topological polar surface area (TPSA) is 85.4 Å². The number of nitrogens with zero attached hydrogens (tertiary/aromatic N) is 2. The molecule has 0 aliphatic heterocycles. The fraction of sp³-hybridized carbons (Fsp3) is 0.500. The van der Waals surface area contributed by atoms with Crippen LogP contribution in [0.1, 0.15) is 43.6 Å². The zero-order valence-corrected chi connectivity index (χ0v) is 21.9. The molecular formula is C26H36N2O6S. The molecule has 0 saturated heterocycles. The van der Waals surface area contributed by atoms with Crippen LogP contribution < -0.4 is 9.47 Å². The number of esters is 1. The van der Waals surface area contributed by atoms with Gasteiger partial charge in [-0.15, -0.1) is 11.3 Å². The van der Waals surface area contributed by atoms with Gasteiger partial charge in [-0.2, -0.15) is 0 Å². The summed E-state index contributed by atoms with van der Waals surface area (Å²) in [4.78, 5) is 42.1. The van der Waals surface area contributed by atoms with E-state index in [2.05, 4.69) is 0 Å². The van der Waals surface area contributed by atoms with E-state index in [0.717, 1.165) is 16.9 Å². The number of carbonyl (C=O) groups is 3. The van der Waals surface area contributed by atoms with Gasteiger partial charge in [0.15, 0.2) is 11.5 Å². The first-order chi connectivity index (χ1) is 16.9. The number of ether oxygens (including phenoxy) is 3. The smallest absolute Gasteiger partial charge is 0.306 e. The fourth-order valence-electron chi connectivity index (χ4n) is 3.61. The molecule has 1 heterocycles. The van der Waals surface area contributed by atoms with E-state index < -0.39 is 5.97 Å². The van der Waals surface area contributed by atoms with E-state index in [0.29, 0.717) is 37.6 Å². The van der Waals surface area contributed by atoms with E-state index in [-0.39, 0.29) is 37.8 Å². The average Bonchev–Trinajstić information content (AvgIpc) is 3.37. The van der Waals surface area contributed by atoms with E-state index in [9.17, 15) is 14.4 Å². The number of rotatable bonds is 15. The number of hydrogen-bond donors (Lipinski definition) is 0. The molecule has 1 aromatic carbocycles. The number of amides is 2. The van der Waals surface area contributed by atoms with Gasteiger partial charge in [0.05, 0.1) is 40.3 Å². The van der Waals surface area contributed by atoms with Gasteiger partial charge in [0.1, 0.15) is 0 Å². The Morgan fingerprint density at radius 1 is 0.914 bits per heavy atom. The molecule has 192 valence electrons. The molecule has 0 atom stereocenters. The molecule has 0 unspecified atom stereocenters. The van der Waals surface area contributed by atoms with Gasteiger partial charge in [0.2, 0.25) is 11.8 Å². The van der Waals surface area contributed by atoms with Crippen LogP contribution in [0.5, 0.6) is 11.5 Å². The van der Waals surface area contributed by atoms with Crippen molar-refractivity contribution >= 4 is 29.1 Å². The summed E-state index contributed by atoms with van der Waals surface area (Å²) in [6, 6.07) is 9.67. The summed E-state index contributed by atoms with van der Waals surface area (Å²) in [6.45, 7) is 5.36. The Kier molecular flexibility index (Phi) is 12.1. The standard InChI is InChI=1S/C26H36N2O6S/c1-5-14-27(24(29)11-12-26(31)34-6-2)19-25(30)28(18-21-8-7-16-35-21)15-13-20-9-10-22(32-3)23(17-20)33-4/h7-10,16-17H,5-6,11-15,18-19H2,1-4H3. The predicted octanol–water partition coefficient (Wildman–Crippen LogP) is 3.92. The second-order valence-corrected chi connectivity index (χ2v) is 8.99. The number of thiophene rings is 1. The fourth-order valence-corrected chi connectivity index (χ4v) is 4.33. The Morgan fingerprint density at radius 3 is 2.31 bits per heavy atom. The van der Waals surface area contributed by atoms with Gasteiger partial charge in [-0.05, 0) is 48.9 Å². The van der Waals surface area contributed by atoms with Crippen LogP contribution in [0.3, 0.4) is 0 Å². The zero-order chi connectivity index (χ0) is 25.6. The lowest BCUT2D eigenvalue weighted by Gasteiger charge is -2.27. The largest absolute Gasteiger partial charge is 0.493 e. The van der Waals surface area contributed by atoms with Crippen molar-refractivity contribution in [3.05, 3.63) is 46.2 Å². The first-order valence-electron chi connectivity index (χ1n) is 11.9. The summed E-state index contributed by atoms with van der Waals surface area (Å²) in [6.07, 6.45) is 1.39. The molecule has 0 aliphatic carbocycles. The Bertz CT molecular complexity index is 947. The third kappa shape index (κ3) is 9.24. The van der Waals surface area contributed by atoms with Crippen molar-refractivity contribution in [3.63, 3.8) is 0 Å². The quantitative estimate of drug-likeness (QED) is 0.342. The van der Waals surface area contributed by atoms with Crippen LogP contribution in [0, 0.1) is 0 Å². The maximum atomic E-state index is 13.3. The van der Waals surface area contributed by atoms with Crippen molar-refractivity contribution in [1.82, 2.24) is 9.80 Å². The highest BCUT2D eigenvalue weighted by Gasteiger charge is 2.22. The van der Waals surface area contributed by atoms with Crippen molar-refractivity contribution in [1.29, 1.82) is 0 Å². The molecule has 35 heavy (non-hydrogen) atoms. The monoisotopic (exact) mass is 504 g/mol. The molecule has 8 nitrogen and oxygen atoms in total. The van der Waals surface area contributed by atoms with Crippen LogP contribution in [0.4, 0.5) is 0 Å². The Morgan fingerprint density at radius 2 is 1.69 bits per heavy atom. The minimum Gasteiger partial charge on any atom is -0.493 e. The van der Waals surface area contributed by atoms with E-state index >= 15 is 0 Å². The molecule has 9 heteroatoms. The Balaban J connectivity index is 2.09. The SMILES string of the molecule is CCCN(CC(=O)N(CCc1ccc(OC)c(OC)c1)Cc1cccs1)C(=O)CCC(=O)OCC.